The van der Waals surface area contributed by atoms with Crippen LogP contribution in [0.1, 0.15) is 54.4 Å². The zero-order chi connectivity index (χ0) is 23.4. The van der Waals surface area contributed by atoms with Crippen molar-refractivity contribution in [2.24, 2.45) is 5.41 Å². The SMILES string of the molecule is CNC(=O)[C@]1(Cc2ccccc2-c2ccccc2)CCCN(C(=O)c2cc(C(C)C)no2)C1. The number of amides is 2. The summed E-state index contributed by atoms with van der Waals surface area (Å²) in [7, 11) is 1.67. The number of aromatic nitrogens is 1. The van der Waals surface area contributed by atoms with Gasteiger partial charge in [-0.3, -0.25) is 9.59 Å². The first-order chi connectivity index (χ1) is 15.9. The summed E-state index contributed by atoms with van der Waals surface area (Å²) < 4.78 is 5.35. The van der Waals surface area contributed by atoms with Gasteiger partial charge in [0, 0.05) is 26.2 Å². The van der Waals surface area contributed by atoms with Crippen LogP contribution in [0.15, 0.2) is 65.2 Å². The molecule has 0 saturated carbocycles. The molecule has 1 aliphatic heterocycles. The minimum atomic E-state index is -0.714. The Morgan fingerprint density at radius 3 is 2.55 bits per heavy atom. The number of carbonyl (C=O) groups is 2. The summed E-state index contributed by atoms with van der Waals surface area (Å²) >= 11 is 0. The first-order valence-corrected chi connectivity index (χ1v) is 11.5. The monoisotopic (exact) mass is 445 g/mol. The van der Waals surface area contributed by atoms with Gasteiger partial charge in [0.15, 0.2) is 0 Å². The highest BCUT2D eigenvalue weighted by Crippen LogP contribution is 2.37. The molecule has 0 radical (unpaired) electrons. The van der Waals surface area contributed by atoms with E-state index in [2.05, 4.69) is 34.7 Å². The topological polar surface area (TPSA) is 75.4 Å². The highest BCUT2D eigenvalue weighted by atomic mass is 16.5. The van der Waals surface area contributed by atoms with E-state index in [1.54, 1.807) is 18.0 Å². The summed E-state index contributed by atoms with van der Waals surface area (Å²) in [5.74, 6) is 0.161. The van der Waals surface area contributed by atoms with Crippen molar-refractivity contribution >= 4 is 11.8 Å². The van der Waals surface area contributed by atoms with Crippen LogP contribution < -0.4 is 5.32 Å². The van der Waals surface area contributed by atoms with Crippen molar-refractivity contribution in [1.29, 1.82) is 0 Å². The second kappa shape index (κ2) is 9.61. The molecule has 0 aliphatic carbocycles. The molecule has 1 aliphatic rings. The van der Waals surface area contributed by atoms with E-state index in [0.717, 1.165) is 28.8 Å². The summed E-state index contributed by atoms with van der Waals surface area (Å²) in [4.78, 5) is 28.2. The Bertz CT molecular complexity index is 1120. The Labute approximate surface area is 195 Å². The van der Waals surface area contributed by atoms with Crippen molar-refractivity contribution in [2.45, 2.75) is 39.0 Å². The molecule has 1 saturated heterocycles. The molecule has 6 nitrogen and oxygen atoms in total. The van der Waals surface area contributed by atoms with E-state index < -0.39 is 5.41 Å². The molecule has 0 spiro atoms. The third-order valence-corrected chi connectivity index (χ3v) is 6.53. The van der Waals surface area contributed by atoms with E-state index in [0.29, 0.717) is 25.9 Å². The molecule has 3 aromatic rings. The molecule has 2 amide bonds. The number of benzene rings is 2. The van der Waals surface area contributed by atoms with Crippen LogP contribution in [0.2, 0.25) is 0 Å². The molecule has 172 valence electrons. The van der Waals surface area contributed by atoms with Gasteiger partial charge in [0.05, 0.1) is 11.1 Å². The van der Waals surface area contributed by atoms with Gasteiger partial charge >= 0.3 is 0 Å². The van der Waals surface area contributed by atoms with E-state index in [-0.39, 0.29) is 23.5 Å². The maximum atomic E-state index is 13.3. The third-order valence-electron chi connectivity index (χ3n) is 6.53. The minimum absolute atomic E-state index is 0.0386. The smallest absolute Gasteiger partial charge is 0.292 e. The number of likely N-dealkylation sites (tertiary alicyclic amines) is 1. The summed E-state index contributed by atoms with van der Waals surface area (Å²) in [6.07, 6.45) is 2.01. The summed E-state index contributed by atoms with van der Waals surface area (Å²) in [6, 6.07) is 20.1. The van der Waals surface area contributed by atoms with Crippen LogP contribution in [0.5, 0.6) is 0 Å². The number of hydrogen-bond acceptors (Lipinski definition) is 4. The molecule has 33 heavy (non-hydrogen) atoms. The number of carbonyl (C=O) groups excluding carboxylic acids is 2. The predicted octanol–water partition coefficient (Wildman–Crippen LogP) is 4.68. The Hall–Kier alpha value is -3.41. The number of nitrogens with zero attached hydrogens (tertiary/aromatic N) is 2. The Balaban J connectivity index is 1.64. The van der Waals surface area contributed by atoms with Crippen molar-refractivity contribution in [3.63, 3.8) is 0 Å². The number of hydrogen-bond donors (Lipinski definition) is 1. The van der Waals surface area contributed by atoms with Crippen LogP contribution in [-0.2, 0) is 11.2 Å². The van der Waals surface area contributed by atoms with Gasteiger partial charge in [-0.1, -0.05) is 73.6 Å². The van der Waals surface area contributed by atoms with Crippen LogP contribution in [0.25, 0.3) is 11.1 Å². The summed E-state index contributed by atoms with van der Waals surface area (Å²) in [5.41, 5.74) is 3.37. The molecule has 2 heterocycles. The molecule has 1 atom stereocenters. The van der Waals surface area contributed by atoms with Gasteiger partial charge in [0.2, 0.25) is 11.7 Å². The Morgan fingerprint density at radius 2 is 1.85 bits per heavy atom. The molecule has 1 fully saturated rings. The molecule has 1 aromatic heterocycles. The predicted molar refractivity (Wildman–Crippen MR) is 128 cm³/mol. The van der Waals surface area contributed by atoms with Gasteiger partial charge in [0.25, 0.3) is 5.91 Å². The van der Waals surface area contributed by atoms with Crippen molar-refractivity contribution in [3.8, 4) is 11.1 Å². The average Bonchev–Trinajstić information content (AvgIpc) is 3.35. The lowest BCUT2D eigenvalue weighted by atomic mass is 9.73. The largest absolute Gasteiger partial charge is 0.359 e. The van der Waals surface area contributed by atoms with E-state index >= 15 is 0 Å². The molecule has 0 unspecified atom stereocenters. The van der Waals surface area contributed by atoms with Gasteiger partial charge in [-0.05, 0) is 41.9 Å². The minimum Gasteiger partial charge on any atom is -0.359 e. The second-order valence-corrected chi connectivity index (χ2v) is 9.16. The number of piperidine rings is 1. The van der Waals surface area contributed by atoms with E-state index in [1.165, 1.54) is 0 Å². The van der Waals surface area contributed by atoms with Crippen molar-refractivity contribution in [2.75, 3.05) is 20.1 Å². The van der Waals surface area contributed by atoms with Crippen LogP contribution in [-0.4, -0.2) is 42.0 Å². The first-order valence-electron chi connectivity index (χ1n) is 11.5. The van der Waals surface area contributed by atoms with Gasteiger partial charge in [-0.15, -0.1) is 0 Å². The molecule has 4 rings (SSSR count). The third kappa shape index (κ3) is 4.70. The zero-order valence-electron chi connectivity index (χ0n) is 19.5. The normalized spacial score (nSPS) is 18.4. The molecule has 0 bridgehead atoms. The van der Waals surface area contributed by atoms with Crippen molar-refractivity contribution in [1.82, 2.24) is 15.4 Å². The van der Waals surface area contributed by atoms with Gasteiger partial charge < -0.3 is 14.7 Å². The number of rotatable bonds is 6. The van der Waals surface area contributed by atoms with Crippen LogP contribution in [0.4, 0.5) is 0 Å². The zero-order valence-corrected chi connectivity index (χ0v) is 19.5. The van der Waals surface area contributed by atoms with E-state index in [4.69, 9.17) is 4.52 Å². The fourth-order valence-electron chi connectivity index (χ4n) is 4.74. The second-order valence-electron chi connectivity index (χ2n) is 9.16. The van der Waals surface area contributed by atoms with E-state index in [1.807, 2.05) is 44.2 Å². The van der Waals surface area contributed by atoms with Crippen LogP contribution >= 0.6 is 0 Å². The molecule has 1 N–H and O–H groups in total. The first kappa shape index (κ1) is 22.8. The lowest BCUT2D eigenvalue weighted by molar-refractivity contribution is -0.133. The van der Waals surface area contributed by atoms with Crippen LogP contribution in [0.3, 0.4) is 0 Å². The number of nitrogens with one attached hydrogen (secondary N) is 1. The highest BCUT2D eigenvalue weighted by molar-refractivity contribution is 5.92. The fourth-order valence-corrected chi connectivity index (χ4v) is 4.74. The standard InChI is InChI=1S/C27H31N3O3/c1-19(2)23-16-24(33-29-23)25(31)30-15-9-14-27(18-30,26(32)28-3)17-21-12-7-8-13-22(21)20-10-5-4-6-11-20/h4-8,10-13,16,19H,9,14-15,17-18H2,1-3H3,(H,28,32)/t27-/m0/s1. The van der Waals surface area contributed by atoms with E-state index in [9.17, 15) is 9.59 Å². The molecular weight excluding hydrogens is 414 g/mol. The Morgan fingerprint density at radius 1 is 1.12 bits per heavy atom. The quantitative estimate of drug-likeness (QED) is 0.598. The molecular formula is C27H31N3O3. The van der Waals surface area contributed by atoms with Crippen molar-refractivity contribution < 1.29 is 14.1 Å². The summed E-state index contributed by atoms with van der Waals surface area (Å²) in [6.45, 7) is 4.95. The Kier molecular flexibility index (Phi) is 6.63. The maximum absolute atomic E-state index is 13.3. The van der Waals surface area contributed by atoms with Crippen molar-refractivity contribution in [3.05, 3.63) is 77.7 Å². The lowest BCUT2D eigenvalue weighted by Gasteiger charge is -2.41. The average molecular weight is 446 g/mol. The van der Waals surface area contributed by atoms with Gasteiger partial charge in [0.1, 0.15) is 0 Å². The highest BCUT2D eigenvalue weighted by Gasteiger charge is 2.44. The van der Waals surface area contributed by atoms with Gasteiger partial charge in [-0.2, -0.15) is 0 Å². The van der Waals surface area contributed by atoms with Crippen LogP contribution in [0, 0.1) is 5.41 Å². The fraction of sp³-hybridized carbons (Fsp3) is 0.370. The summed E-state index contributed by atoms with van der Waals surface area (Å²) in [5, 5.41) is 6.89. The molecule has 6 heteroatoms. The van der Waals surface area contributed by atoms with Gasteiger partial charge in [-0.25, -0.2) is 0 Å². The maximum Gasteiger partial charge on any atom is 0.292 e. The lowest BCUT2D eigenvalue weighted by Crippen LogP contribution is -2.54. The molecule has 2 aromatic carbocycles.